The van der Waals surface area contributed by atoms with Crippen molar-refractivity contribution in [2.75, 3.05) is 12.4 Å². The molecule has 17 heavy (non-hydrogen) atoms. The van der Waals surface area contributed by atoms with Crippen molar-refractivity contribution in [1.82, 2.24) is 0 Å². The number of carbonyl (C=O) groups is 1. The maximum Gasteiger partial charge on any atom is 0.221 e. The van der Waals surface area contributed by atoms with Gasteiger partial charge in [-0.2, -0.15) is 10.2 Å². The molecule has 0 aromatic heterocycles. The van der Waals surface area contributed by atoms with Crippen molar-refractivity contribution in [2.24, 2.45) is 16.0 Å². The van der Waals surface area contributed by atoms with E-state index in [0.29, 0.717) is 12.4 Å². The number of alkyl halides is 1. The average molecular weight is 254 g/mol. The lowest BCUT2D eigenvalue weighted by Gasteiger charge is -1.97. The van der Waals surface area contributed by atoms with Gasteiger partial charge in [0.15, 0.2) is 0 Å². The summed E-state index contributed by atoms with van der Waals surface area (Å²) >= 11 is 5.55. The molecule has 0 aliphatic heterocycles. The molecule has 0 saturated carbocycles. The first-order chi connectivity index (χ1) is 8.22. The van der Waals surface area contributed by atoms with E-state index in [9.17, 15) is 4.79 Å². The first-order valence-corrected chi connectivity index (χ1v) is 6.06. The number of rotatable bonds is 7. The third-order valence-corrected chi connectivity index (χ3v) is 2.41. The third-order valence-electron chi connectivity index (χ3n) is 2.14. The van der Waals surface area contributed by atoms with Gasteiger partial charge in [0.05, 0.1) is 18.7 Å². The van der Waals surface area contributed by atoms with Gasteiger partial charge in [0, 0.05) is 5.88 Å². The number of hydrogen-bond acceptors (Lipinski definition) is 3. The van der Waals surface area contributed by atoms with Gasteiger partial charge in [-0.15, -0.1) is 11.6 Å². The maximum atomic E-state index is 10.7. The van der Waals surface area contributed by atoms with Crippen LogP contribution < -0.4 is 5.73 Å². The summed E-state index contributed by atoms with van der Waals surface area (Å²) in [5.41, 5.74) is 6.77. The zero-order chi connectivity index (χ0) is 12.5. The van der Waals surface area contributed by atoms with Gasteiger partial charge < -0.3 is 5.73 Å². The van der Waals surface area contributed by atoms with Crippen LogP contribution in [0.3, 0.4) is 0 Å². The van der Waals surface area contributed by atoms with E-state index >= 15 is 0 Å². The number of hydrogen-bond donors (Lipinski definition) is 1. The number of nitrogens with zero attached hydrogens (tertiary/aromatic N) is 2. The minimum atomic E-state index is -0.333. The standard InChI is InChI=1S/C12H16ClN3O/c13-7-1-2-8-15-16-11-5-3-10(4-6-11)9-12(14)17/h3-6H,1-2,7-9H2,(H2,14,17). The molecule has 1 aromatic rings. The fraction of sp³-hybridized carbons (Fsp3) is 0.417. The van der Waals surface area contributed by atoms with E-state index in [1.807, 2.05) is 24.3 Å². The number of carbonyl (C=O) groups excluding carboxylic acids is 1. The minimum Gasteiger partial charge on any atom is -0.369 e. The largest absolute Gasteiger partial charge is 0.369 e. The summed E-state index contributed by atoms with van der Waals surface area (Å²) in [5.74, 6) is 0.331. The predicted molar refractivity (Wildman–Crippen MR) is 68.7 cm³/mol. The Morgan fingerprint density at radius 1 is 1.24 bits per heavy atom. The highest BCUT2D eigenvalue weighted by molar-refractivity contribution is 6.17. The molecule has 1 amide bonds. The van der Waals surface area contributed by atoms with Crippen LogP contribution in [0.4, 0.5) is 5.69 Å². The zero-order valence-electron chi connectivity index (χ0n) is 9.60. The van der Waals surface area contributed by atoms with Crippen LogP contribution in [-0.4, -0.2) is 18.3 Å². The van der Waals surface area contributed by atoms with Crippen molar-refractivity contribution in [3.8, 4) is 0 Å². The molecule has 0 bridgehead atoms. The Bertz CT molecular complexity index is 376. The molecule has 2 N–H and O–H groups in total. The van der Waals surface area contributed by atoms with Gasteiger partial charge in [0.25, 0.3) is 0 Å². The molecule has 0 saturated heterocycles. The molecule has 0 spiro atoms. The van der Waals surface area contributed by atoms with Gasteiger partial charge in [0.2, 0.25) is 5.91 Å². The number of benzene rings is 1. The van der Waals surface area contributed by atoms with Crippen LogP contribution in [0.15, 0.2) is 34.5 Å². The molecule has 0 atom stereocenters. The molecule has 92 valence electrons. The molecule has 0 radical (unpaired) electrons. The number of amides is 1. The third kappa shape index (κ3) is 6.02. The second-order valence-corrected chi connectivity index (χ2v) is 4.05. The van der Waals surface area contributed by atoms with Gasteiger partial charge in [-0.3, -0.25) is 4.79 Å². The first kappa shape index (κ1) is 13.6. The second kappa shape index (κ2) is 7.79. The van der Waals surface area contributed by atoms with Crippen molar-refractivity contribution in [3.05, 3.63) is 29.8 Å². The van der Waals surface area contributed by atoms with Crippen molar-refractivity contribution >= 4 is 23.2 Å². The van der Waals surface area contributed by atoms with E-state index in [-0.39, 0.29) is 12.3 Å². The first-order valence-electron chi connectivity index (χ1n) is 5.53. The molecule has 4 nitrogen and oxygen atoms in total. The second-order valence-electron chi connectivity index (χ2n) is 3.67. The Labute approximate surface area is 106 Å². The lowest BCUT2D eigenvalue weighted by atomic mass is 10.1. The Hall–Kier alpha value is -1.42. The van der Waals surface area contributed by atoms with Crippen LogP contribution in [0.2, 0.25) is 0 Å². The van der Waals surface area contributed by atoms with Gasteiger partial charge in [-0.1, -0.05) is 12.1 Å². The minimum absolute atomic E-state index is 0.257. The van der Waals surface area contributed by atoms with Crippen molar-refractivity contribution in [1.29, 1.82) is 0 Å². The Morgan fingerprint density at radius 3 is 2.53 bits per heavy atom. The molecule has 0 heterocycles. The Morgan fingerprint density at radius 2 is 1.94 bits per heavy atom. The van der Waals surface area contributed by atoms with Crippen LogP contribution >= 0.6 is 11.6 Å². The molecule has 0 unspecified atom stereocenters. The van der Waals surface area contributed by atoms with Crippen molar-refractivity contribution in [3.63, 3.8) is 0 Å². The Kier molecular flexibility index (Phi) is 6.25. The van der Waals surface area contributed by atoms with Crippen LogP contribution in [0.25, 0.3) is 0 Å². The Balaban J connectivity index is 2.42. The summed E-state index contributed by atoms with van der Waals surface area (Å²) in [5, 5.41) is 8.11. The summed E-state index contributed by atoms with van der Waals surface area (Å²) < 4.78 is 0. The molecule has 5 heteroatoms. The van der Waals surface area contributed by atoms with E-state index in [2.05, 4.69) is 10.2 Å². The van der Waals surface area contributed by atoms with E-state index < -0.39 is 0 Å². The van der Waals surface area contributed by atoms with Gasteiger partial charge in [-0.05, 0) is 30.5 Å². The van der Waals surface area contributed by atoms with E-state index in [0.717, 1.165) is 24.1 Å². The molecule has 1 aromatic carbocycles. The monoisotopic (exact) mass is 253 g/mol. The summed E-state index contributed by atoms with van der Waals surface area (Å²) in [7, 11) is 0. The summed E-state index contributed by atoms with van der Waals surface area (Å²) in [4.78, 5) is 10.7. The van der Waals surface area contributed by atoms with Crippen LogP contribution in [0, 0.1) is 0 Å². The number of unbranched alkanes of at least 4 members (excludes halogenated alkanes) is 1. The molecule has 0 fully saturated rings. The number of halogens is 1. The highest BCUT2D eigenvalue weighted by atomic mass is 35.5. The molecular formula is C12H16ClN3O. The fourth-order valence-electron chi connectivity index (χ4n) is 1.29. The normalized spacial score (nSPS) is 10.9. The molecular weight excluding hydrogens is 238 g/mol. The smallest absolute Gasteiger partial charge is 0.221 e. The van der Waals surface area contributed by atoms with Crippen molar-refractivity contribution in [2.45, 2.75) is 19.3 Å². The van der Waals surface area contributed by atoms with Gasteiger partial charge in [0.1, 0.15) is 0 Å². The average Bonchev–Trinajstić information content (AvgIpc) is 2.30. The predicted octanol–water partition coefficient (Wildman–Crippen LogP) is 2.82. The van der Waals surface area contributed by atoms with E-state index in [4.69, 9.17) is 17.3 Å². The fourth-order valence-corrected chi connectivity index (χ4v) is 1.48. The number of azo groups is 1. The summed E-state index contributed by atoms with van der Waals surface area (Å²) in [6.45, 7) is 0.690. The number of nitrogens with two attached hydrogens (primary N) is 1. The molecule has 1 rings (SSSR count). The molecule has 0 aliphatic carbocycles. The maximum absolute atomic E-state index is 10.7. The SMILES string of the molecule is NC(=O)Cc1ccc(N=NCCCCCl)cc1. The topological polar surface area (TPSA) is 67.8 Å². The number of primary amides is 1. The lowest BCUT2D eigenvalue weighted by molar-refractivity contribution is -0.117. The van der Waals surface area contributed by atoms with Gasteiger partial charge in [-0.25, -0.2) is 0 Å². The zero-order valence-corrected chi connectivity index (χ0v) is 10.4. The van der Waals surface area contributed by atoms with E-state index in [1.54, 1.807) is 0 Å². The van der Waals surface area contributed by atoms with Crippen molar-refractivity contribution < 1.29 is 4.79 Å². The lowest BCUT2D eigenvalue weighted by Crippen LogP contribution is -2.13. The highest BCUT2D eigenvalue weighted by Crippen LogP contribution is 2.13. The summed E-state index contributed by atoms with van der Waals surface area (Å²) in [6, 6.07) is 7.31. The van der Waals surface area contributed by atoms with Crippen LogP contribution in [0.1, 0.15) is 18.4 Å². The van der Waals surface area contributed by atoms with Crippen LogP contribution in [0.5, 0.6) is 0 Å². The highest BCUT2D eigenvalue weighted by Gasteiger charge is 1.97. The summed E-state index contributed by atoms with van der Waals surface area (Å²) in [6.07, 6.45) is 2.16. The molecule has 0 aliphatic rings. The van der Waals surface area contributed by atoms with Gasteiger partial charge >= 0.3 is 0 Å². The van der Waals surface area contributed by atoms with Crippen LogP contribution in [-0.2, 0) is 11.2 Å². The van der Waals surface area contributed by atoms with E-state index in [1.165, 1.54) is 0 Å². The quantitative estimate of drug-likeness (QED) is 0.453.